The number of rotatable bonds is 9. The fourth-order valence-corrected chi connectivity index (χ4v) is 3.11. The average Bonchev–Trinajstić information content (AvgIpc) is 2.88. The lowest BCUT2D eigenvalue weighted by Crippen LogP contribution is -2.22. The Bertz CT molecular complexity index is 743. The van der Waals surface area contributed by atoms with Gasteiger partial charge in [0.1, 0.15) is 11.6 Å². The zero-order chi connectivity index (χ0) is 19.3. The molecule has 0 aliphatic rings. The van der Waals surface area contributed by atoms with E-state index in [2.05, 4.69) is 4.98 Å². The fraction of sp³-hybridized carbons (Fsp3) is 0.474. The SMILES string of the molecule is CCc1c(C)nc(-c2ccc(F)cc2)n1CCC(O)CC(O)CC(=O)O. The molecule has 1 heterocycles. The topological polar surface area (TPSA) is 95.6 Å². The molecule has 1 aromatic carbocycles. The molecule has 26 heavy (non-hydrogen) atoms. The Morgan fingerprint density at radius 3 is 2.46 bits per heavy atom. The van der Waals surface area contributed by atoms with Gasteiger partial charge in [-0.2, -0.15) is 0 Å². The number of aliphatic hydroxyl groups is 2. The van der Waals surface area contributed by atoms with E-state index in [0.29, 0.717) is 18.8 Å². The van der Waals surface area contributed by atoms with Crippen LogP contribution in [0.2, 0.25) is 0 Å². The quantitative estimate of drug-likeness (QED) is 0.635. The largest absolute Gasteiger partial charge is 0.481 e. The molecule has 0 amide bonds. The molecule has 1 aromatic heterocycles. The van der Waals surface area contributed by atoms with Crippen LogP contribution >= 0.6 is 0 Å². The number of benzene rings is 1. The number of carboxylic acid groups (broad SMARTS) is 1. The van der Waals surface area contributed by atoms with E-state index in [1.165, 1.54) is 12.1 Å². The van der Waals surface area contributed by atoms with Crippen LogP contribution in [0.4, 0.5) is 4.39 Å². The molecule has 142 valence electrons. The van der Waals surface area contributed by atoms with Crippen LogP contribution in [0.3, 0.4) is 0 Å². The zero-order valence-electron chi connectivity index (χ0n) is 15.0. The van der Waals surface area contributed by atoms with E-state index in [9.17, 15) is 19.4 Å². The summed E-state index contributed by atoms with van der Waals surface area (Å²) in [5.41, 5.74) is 2.70. The maximum Gasteiger partial charge on any atom is 0.305 e. The van der Waals surface area contributed by atoms with Crippen molar-refractivity contribution in [1.82, 2.24) is 9.55 Å². The molecule has 0 aliphatic carbocycles. The van der Waals surface area contributed by atoms with E-state index in [0.717, 1.165) is 23.4 Å². The number of aliphatic carboxylic acids is 1. The first kappa shape index (κ1) is 20.1. The van der Waals surface area contributed by atoms with Crippen molar-refractivity contribution in [2.75, 3.05) is 0 Å². The Hall–Kier alpha value is -2.25. The molecule has 7 heteroatoms. The van der Waals surface area contributed by atoms with Crippen molar-refractivity contribution in [1.29, 1.82) is 0 Å². The molecule has 2 rings (SSSR count). The lowest BCUT2D eigenvalue weighted by atomic mass is 10.1. The number of nitrogens with zero attached hydrogens (tertiary/aromatic N) is 2. The first-order valence-electron chi connectivity index (χ1n) is 8.71. The summed E-state index contributed by atoms with van der Waals surface area (Å²) < 4.78 is 15.2. The highest BCUT2D eigenvalue weighted by Gasteiger charge is 2.18. The molecular weight excluding hydrogens is 339 g/mol. The third-order valence-corrected chi connectivity index (χ3v) is 4.35. The predicted molar refractivity (Wildman–Crippen MR) is 95.2 cm³/mol. The summed E-state index contributed by atoms with van der Waals surface area (Å²) in [5.74, 6) is -0.707. The van der Waals surface area contributed by atoms with E-state index in [4.69, 9.17) is 5.11 Å². The molecule has 0 saturated heterocycles. The van der Waals surface area contributed by atoms with Crippen molar-refractivity contribution >= 4 is 5.97 Å². The third kappa shape index (κ3) is 5.12. The summed E-state index contributed by atoms with van der Waals surface area (Å²) in [5, 5.41) is 28.5. The Morgan fingerprint density at radius 2 is 1.88 bits per heavy atom. The number of aromatic nitrogens is 2. The van der Waals surface area contributed by atoms with E-state index >= 15 is 0 Å². The van der Waals surface area contributed by atoms with E-state index < -0.39 is 18.2 Å². The van der Waals surface area contributed by atoms with Gasteiger partial charge in [-0.05, 0) is 50.5 Å². The highest BCUT2D eigenvalue weighted by atomic mass is 19.1. The molecular formula is C19H25FN2O4. The van der Waals surface area contributed by atoms with Crippen LogP contribution < -0.4 is 0 Å². The summed E-state index contributed by atoms with van der Waals surface area (Å²) >= 11 is 0. The molecule has 0 saturated carbocycles. The highest BCUT2D eigenvalue weighted by Crippen LogP contribution is 2.24. The van der Waals surface area contributed by atoms with Gasteiger partial charge in [0.05, 0.1) is 24.3 Å². The minimum Gasteiger partial charge on any atom is -0.481 e. The van der Waals surface area contributed by atoms with Crippen molar-refractivity contribution in [3.63, 3.8) is 0 Å². The minimum atomic E-state index is -1.10. The summed E-state index contributed by atoms with van der Waals surface area (Å²) in [6.07, 6.45) is -1.16. The number of carboxylic acids is 1. The smallest absolute Gasteiger partial charge is 0.305 e. The minimum absolute atomic E-state index is 0.00726. The summed E-state index contributed by atoms with van der Waals surface area (Å²) in [7, 11) is 0. The van der Waals surface area contributed by atoms with E-state index in [1.807, 2.05) is 18.4 Å². The predicted octanol–water partition coefficient (Wildman–Crippen LogP) is 2.54. The van der Waals surface area contributed by atoms with Gasteiger partial charge in [-0.3, -0.25) is 4.79 Å². The van der Waals surface area contributed by atoms with Crippen LogP contribution in [0.5, 0.6) is 0 Å². The Balaban J connectivity index is 2.15. The van der Waals surface area contributed by atoms with Crippen LogP contribution in [0.1, 0.15) is 37.6 Å². The van der Waals surface area contributed by atoms with Gasteiger partial charge >= 0.3 is 5.97 Å². The number of carbonyl (C=O) groups is 1. The van der Waals surface area contributed by atoms with Crippen LogP contribution in [0.15, 0.2) is 24.3 Å². The van der Waals surface area contributed by atoms with Crippen molar-refractivity contribution in [2.45, 2.75) is 58.3 Å². The normalized spacial score (nSPS) is 13.6. The molecule has 0 bridgehead atoms. The van der Waals surface area contributed by atoms with Gasteiger partial charge in [-0.1, -0.05) is 6.92 Å². The van der Waals surface area contributed by atoms with Gasteiger partial charge in [0.2, 0.25) is 0 Å². The summed E-state index contributed by atoms with van der Waals surface area (Å²) in [4.78, 5) is 15.2. The fourth-order valence-electron chi connectivity index (χ4n) is 3.11. The van der Waals surface area contributed by atoms with Gasteiger partial charge in [-0.25, -0.2) is 9.37 Å². The summed E-state index contributed by atoms with van der Waals surface area (Å²) in [6.45, 7) is 4.40. The molecule has 0 fully saturated rings. The van der Waals surface area contributed by atoms with Gasteiger partial charge in [0.15, 0.2) is 0 Å². The number of hydrogen-bond acceptors (Lipinski definition) is 4. The number of halogens is 1. The second kappa shape index (κ2) is 8.91. The highest BCUT2D eigenvalue weighted by molar-refractivity contribution is 5.67. The third-order valence-electron chi connectivity index (χ3n) is 4.35. The van der Waals surface area contributed by atoms with Gasteiger partial charge < -0.3 is 19.9 Å². The number of aliphatic hydroxyl groups excluding tert-OH is 2. The first-order chi connectivity index (χ1) is 12.3. The monoisotopic (exact) mass is 364 g/mol. The second-order valence-electron chi connectivity index (χ2n) is 6.41. The van der Waals surface area contributed by atoms with Crippen molar-refractivity contribution in [2.24, 2.45) is 0 Å². The van der Waals surface area contributed by atoms with Crippen molar-refractivity contribution < 1.29 is 24.5 Å². The molecule has 0 radical (unpaired) electrons. The molecule has 0 aliphatic heterocycles. The Kier molecular flexibility index (Phi) is 6.88. The lowest BCUT2D eigenvalue weighted by molar-refractivity contribution is -0.139. The number of hydrogen-bond donors (Lipinski definition) is 3. The van der Waals surface area contributed by atoms with E-state index in [-0.39, 0.29) is 18.7 Å². The number of imidazole rings is 1. The van der Waals surface area contributed by atoms with Gasteiger partial charge in [0.25, 0.3) is 0 Å². The zero-order valence-corrected chi connectivity index (χ0v) is 15.0. The Labute approximate surface area is 151 Å². The number of aryl methyl sites for hydroxylation is 1. The second-order valence-corrected chi connectivity index (χ2v) is 6.41. The van der Waals surface area contributed by atoms with Crippen LogP contribution in [0.25, 0.3) is 11.4 Å². The molecule has 2 atom stereocenters. The summed E-state index contributed by atoms with van der Waals surface area (Å²) in [6, 6.07) is 6.10. The van der Waals surface area contributed by atoms with Crippen LogP contribution in [-0.4, -0.2) is 43.0 Å². The molecule has 2 aromatic rings. The van der Waals surface area contributed by atoms with Gasteiger partial charge in [0, 0.05) is 17.8 Å². The van der Waals surface area contributed by atoms with E-state index in [1.54, 1.807) is 12.1 Å². The molecule has 2 unspecified atom stereocenters. The standard InChI is InChI=1S/C19H25FN2O4/c1-3-17-12(2)21-19(13-4-6-14(20)7-5-13)22(17)9-8-15(23)10-16(24)11-18(25)26/h4-7,15-16,23-24H,3,8-11H2,1-2H3,(H,25,26). The van der Waals surface area contributed by atoms with Crippen LogP contribution in [0, 0.1) is 12.7 Å². The first-order valence-corrected chi connectivity index (χ1v) is 8.71. The molecule has 0 spiro atoms. The lowest BCUT2D eigenvalue weighted by Gasteiger charge is -2.17. The van der Waals surface area contributed by atoms with Crippen LogP contribution in [-0.2, 0) is 17.8 Å². The molecule has 6 nitrogen and oxygen atoms in total. The van der Waals surface area contributed by atoms with Crippen molar-refractivity contribution in [3.05, 3.63) is 41.5 Å². The van der Waals surface area contributed by atoms with Gasteiger partial charge in [-0.15, -0.1) is 0 Å². The molecule has 3 N–H and O–H groups in total. The maximum absolute atomic E-state index is 13.2. The average molecular weight is 364 g/mol. The maximum atomic E-state index is 13.2. The Morgan fingerprint density at radius 1 is 1.23 bits per heavy atom. The van der Waals surface area contributed by atoms with Crippen molar-refractivity contribution in [3.8, 4) is 11.4 Å².